The normalized spacial score (nSPS) is 13.6. The Kier molecular flexibility index (Phi) is 5.98. The van der Waals surface area contributed by atoms with Crippen molar-refractivity contribution in [3.05, 3.63) is 58.6 Å². The Morgan fingerprint density at radius 3 is 2.70 bits per heavy atom. The van der Waals surface area contributed by atoms with E-state index in [1.165, 1.54) is 12.1 Å². The Morgan fingerprint density at radius 1 is 1.13 bits per heavy atom. The van der Waals surface area contributed by atoms with E-state index in [0.717, 1.165) is 37.0 Å². The molecule has 1 saturated heterocycles. The summed E-state index contributed by atoms with van der Waals surface area (Å²) >= 11 is 3.18. The van der Waals surface area contributed by atoms with Crippen LogP contribution in [0.2, 0.25) is 0 Å². The van der Waals surface area contributed by atoms with Crippen molar-refractivity contribution in [3.63, 3.8) is 0 Å². The van der Waals surface area contributed by atoms with Crippen LogP contribution >= 0.6 is 15.9 Å². The van der Waals surface area contributed by atoms with Crippen LogP contribution in [0.4, 0.5) is 14.9 Å². The summed E-state index contributed by atoms with van der Waals surface area (Å²) in [6.07, 6.45) is 3.79. The van der Waals surface area contributed by atoms with Gasteiger partial charge in [0, 0.05) is 36.2 Å². The standard InChI is InChI=1S/C21H21BrFN5O2/c22-15-4-5-17(16(23)12-15)26-21(30)24-7-10-28-13-25-18-11-14(3-6-19(18)28)20(29)27-8-1-2-9-27/h3-6,11-13H,1-2,7-10H2,(H2,24,26,30). The van der Waals surface area contributed by atoms with Crippen molar-refractivity contribution in [2.24, 2.45) is 0 Å². The van der Waals surface area contributed by atoms with Crippen LogP contribution in [-0.4, -0.2) is 46.0 Å². The Labute approximate surface area is 181 Å². The molecule has 30 heavy (non-hydrogen) atoms. The molecule has 1 aliphatic heterocycles. The smallest absolute Gasteiger partial charge is 0.319 e. The third-order valence-corrected chi connectivity index (χ3v) is 5.57. The van der Waals surface area contributed by atoms with E-state index in [9.17, 15) is 14.0 Å². The highest BCUT2D eigenvalue weighted by molar-refractivity contribution is 9.10. The maximum Gasteiger partial charge on any atom is 0.319 e. The fraction of sp³-hybridized carbons (Fsp3) is 0.286. The summed E-state index contributed by atoms with van der Waals surface area (Å²) in [6, 6.07) is 9.45. The largest absolute Gasteiger partial charge is 0.339 e. The molecular weight excluding hydrogens is 453 g/mol. The first-order valence-electron chi connectivity index (χ1n) is 9.75. The number of halogens is 2. The Bertz CT molecular complexity index is 1090. The minimum atomic E-state index is -0.514. The fourth-order valence-corrected chi connectivity index (χ4v) is 3.86. The molecule has 2 N–H and O–H groups in total. The number of benzene rings is 2. The summed E-state index contributed by atoms with van der Waals surface area (Å²) in [5.41, 5.74) is 2.37. The SMILES string of the molecule is O=C(NCCn1cnc2cc(C(=O)N3CCCC3)ccc21)Nc1ccc(Br)cc1F. The number of hydrogen-bond donors (Lipinski definition) is 2. The topological polar surface area (TPSA) is 79.3 Å². The quantitative estimate of drug-likeness (QED) is 0.587. The molecule has 0 atom stereocenters. The van der Waals surface area contributed by atoms with Crippen molar-refractivity contribution in [2.45, 2.75) is 19.4 Å². The zero-order valence-corrected chi connectivity index (χ0v) is 17.8. The van der Waals surface area contributed by atoms with Gasteiger partial charge in [-0.3, -0.25) is 4.79 Å². The van der Waals surface area contributed by atoms with E-state index in [4.69, 9.17) is 0 Å². The molecule has 2 aromatic carbocycles. The lowest BCUT2D eigenvalue weighted by atomic mass is 10.1. The van der Waals surface area contributed by atoms with Crippen LogP contribution in [0, 0.1) is 5.82 Å². The number of nitrogens with zero attached hydrogens (tertiary/aromatic N) is 3. The second-order valence-electron chi connectivity index (χ2n) is 7.15. The van der Waals surface area contributed by atoms with Crippen molar-refractivity contribution in [2.75, 3.05) is 25.0 Å². The van der Waals surface area contributed by atoms with Crippen LogP contribution in [0.25, 0.3) is 11.0 Å². The predicted molar refractivity (Wildman–Crippen MR) is 116 cm³/mol. The molecule has 1 aliphatic rings. The first-order chi connectivity index (χ1) is 14.5. The lowest BCUT2D eigenvalue weighted by molar-refractivity contribution is 0.0793. The van der Waals surface area contributed by atoms with Gasteiger partial charge in [-0.15, -0.1) is 0 Å². The summed E-state index contributed by atoms with van der Waals surface area (Å²) < 4.78 is 16.3. The molecule has 0 unspecified atom stereocenters. The van der Waals surface area contributed by atoms with Crippen LogP contribution in [-0.2, 0) is 6.54 Å². The molecule has 156 valence electrons. The monoisotopic (exact) mass is 473 g/mol. The number of aromatic nitrogens is 2. The van der Waals surface area contributed by atoms with E-state index in [0.29, 0.717) is 23.1 Å². The Hall–Kier alpha value is -2.94. The van der Waals surface area contributed by atoms with Gasteiger partial charge in [0.1, 0.15) is 5.82 Å². The van der Waals surface area contributed by atoms with E-state index in [-0.39, 0.29) is 11.6 Å². The van der Waals surface area contributed by atoms with E-state index < -0.39 is 11.8 Å². The molecule has 3 amide bonds. The lowest BCUT2D eigenvalue weighted by Gasteiger charge is -2.15. The highest BCUT2D eigenvalue weighted by atomic mass is 79.9. The zero-order chi connectivity index (χ0) is 21.1. The van der Waals surface area contributed by atoms with Crippen LogP contribution in [0.5, 0.6) is 0 Å². The molecule has 1 fully saturated rings. The van der Waals surface area contributed by atoms with Gasteiger partial charge in [-0.25, -0.2) is 14.2 Å². The summed E-state index contributed by atoms with van der Waals surface area (Å²) in [7, 11) is 0. The third-order valence-electron chi connectivity index (χ3n) is 5.08. The molecular formula is C21H21BrFN5O2. The number of carbonyl (C=O) groups excluding carboxylic acids is 2. The van der Waals surface area contributed by atoms with Crippen molar-refractivity contribution in [1.29, 1.82) is 0 Å². The Balaban J connectivity index is 1.35. The molecule has 3 aromatic rings. The van der Waals surface area contributed by atoms with Crippen molar-refractivity contribution in [3.8, 4) is 0 Å². The number of fused-ring (bicyclic) bond motifs is 1. The van der Waals surface area contributed by atoms with Gasteiger partial charge in [0.05, 0.1) is 23.0 Å². The molecule has 4 rings (SSSR count). The average Bonchev–Trinajstić information content (AvgIpc) is 3.40. The maximum absolute atomic E-state index is 13.8. The number of rotatable bonds is 5. The van der Waals surface area contributed by atoms with Gasteiger partial charge in [0.15, 0.2) is 0 Å². The van der Waals surface area contributed by atoms with Gasteiger partial charge in [-0.2, -0.15) is 0 Å². The second-order valence-corrected chi connectivity index (χ2v) is 8.06. The molecule has 0 spiro atoms. The maximum atomic E-state index is 13.8. The average molecular weight is 474 g/mol. The third kappa shape index (κ3) is 4.46. The number of anilines is 1. The van der Waals surface area contributed by atoms with E-state index in [1.54, 1.807) is 12.4 Å². The van der Waals surface area contributed by atoms with E-state index in [2.05, 4.69) is 31.5 Å². The minimum Gasteiger partial charge on any atom is -0.339 e. The summed E-state index contributed by atoms with van der Waals surface area (Å²) in [5, 5.41) is 5.19. The molecule has 2 heterocycles. The van der Waals surface area contributed by atoms with Crippen LogP contribution in [0.15, 0.2) is 47.2 Å². The molecule has 0 aliphatic carbocycles. The molecule has 0 saturated carbocycles. The number of likely N-dealkylation sites (tertiary alicyclic amines) is 1. The van der Waals surface area contributed by atoms with Crippen molar-refractivity contribution < 1.29 is 14.0 Å². The number of hydrogen-bond acceptors (Lipinski definition) is 3. The number of urea groups is 1. The van der Waals surface area contributed by atoms with Gasteiger partial charge in [0.2, 0.25) is 0 Å². The minimum absolute atomic E-state index is 0.0439. The summed E-state index contributed by atoms with van der Waals surface area (Å²) in [4.78, 5) is 30.8. The second kappa shape index (κ2) is 8.83. The highest BCUT2D eigenvalue weighted by Gasteiger charge is 2.20. The number of imidazole rings is 1. The summed E-state index contributed by atoms with van der Waals surface area (Å²) in [6.45, 7) is 2.45. The van der Waals surface area contributed by atoms with Crippen molar-refractivity contribution >= 4 is 44.6 Å². The molecule has 9 heteroatoms. The predicted octanol–water partition coefficient (Wildman–Crippen LogP) is 4.00. The highest BCUT2D eigenvalue weighted by Crippen LogP contribution is 2.20. The van der Waals surface area contributed by atoms with Crippen LogP contribution in [0.1, 0.15) is 23.2 Å². The molecule has 0 bridgehead atoms. The summed E-state index contributed by atoms with van der Waals surface area (Å²) in [5.74, 6) is -0.470. The fourth-order valence-electron chi connectivity index (χ4n) is 3.53. The van der Waals surface area contributed by atoms with Crippen LogP contribution < -0.4 is 10.6 Å². The molecule has 7 nitrogen and oxygen atoms in total. The molecule has 1 aromatic heterocycles. The first kappa shape index (κ1) is 20.3. The van der Waals surface area contributed by atoms with Gasteiger partial charge >= 0.3 is 6.03 Å². The van der Waals surface area contributed by atoms with E-state index >= 15 is 0 Å². The number of carbonyl (C=O) groups is 2. The van der Waals surface area contributed by atoms with Gasteiger partial charge < -0.3 is 20.1 Å². The van der Waals surface area contributed by atoms with Crippen LogP contribution in [0.3, 0.4) is 0 Å². The zero-order valence-electron chi connectivity index (χ0n) is 16.2. The van der Waals surface area contributed by atoms with E-state index in [1.807, 2.05) is 27.7 Å². The van der Waals surface area contributed by atoms with Gasteiger partial charge in [-0.05, 0) is 49.2 Å². The lowest BCUT2D eigenvalue weighted by Crippen LogP contribution is -2.31. The number of nitrogens with one attached hydrogen (secondary N) is 2. The molecule has 0 radical (unpaired) electrons. The Morgan fingerprint density at radius 2 is 1.93 bits per heavy atom. The van der Waals surface area contributed by atoms with Gasteiger partial charge in [-0.1, -0.05) is 15.9 Å². The van der Waals surface area contributed by atoms with Crippen molar-refractivity contribution in [1.82, 2.24) is 19.8 Å². The number of amides is 3. The first-order valence-corrected chi connectivity index (χ1v) is 10.5. The van der Waals surface area contributed by atoms with Gasteiger partial charge in [0.25, 0.3) is 5.91 Å².